The number of hydrogen-bond donors (Lipinski definition) is 1. The van der Waals surface area contributed by atoms with Crippen molar-refractivity contribution in [1.29, 1.82) is 0 Å². The van der Waals surface area contributed by atoms with Crippen molar-refractivity contribution in [2.75, 3.05) is 18.4 Å². The second-order valence-corrected chi connectivity index (χ2v) is 12.1. The molecule has 0 saturated carbocycles. The molecule has 2 aliphatic rings. The van der Waals surface area contributed by atoms with Crippen LogP contribution in [0.1, 0.15) is 129 Å². The van der Waals surface area contributed by atoms with Gasteiger partial charge in [-0.2, -0.15) is 0 Å². The second-order valence-electron chi connectivity index (χ2n) is 12.1. The summed E-state index contributed by atoms with van der Waals surface area (Å²) < 4.78 is 6.36. The predicted molar refractivity (Wildman–Crippen MR) is 182 cm³/mol. The van der Waals surface area contributed by atoms with Gasteiger partial charge in [0.2, 0.25) is 0 Å². The lowest BCUT2D eigenvalue weighted by Gasteiger charge is -2.11. The van der Waals surface area contributed by atoms with Crippen molar-refractivity contribution in [1.82, 2.24) is 4.98 Å². The number of aromatic nitrogens is 1. The molecule has 228 valence electrons. The SMILES string of the molecule is CCCCCCCCCCCCCCCCCCCCN=c1cc2oc3cc(NCC)ccc3nc-2c2ccccc12. The second kappa shape index (κ2) is 18.6. The molecule has 1 heterocycles. The number of rotatable bonds is 21. The Morgan fingerprint density at radius 2 is 1.21 bits per heavy atom. The van der Waals surface area contributed by atoms with Gasteiger partial charge in [0.15, 0.2) is 11.3 Å². The van der Waals surface area contributed by atoms with Gasteiger partial charge >= 0.3 is 0 Å². The highest BCUT2D eigenvalue weighted by Crippen LogP contribution is 2.31. The van der Waals surface area contributed by atoms with Crippen molar-refractivity contribution < 1.29 is 4.42 Å². The van der Waals surface area contributed by atoms with Crippen molar-refractivity contribution in [3.05, 3.63) is 53.9 Å². The topological polar surface area (TPSA) is 50.4 Å². The smallest absolute Gasteiger partial charge is 0.155 e. The summed E-state index contributed by atoms with van der Waals surface area (Å²) in [6.07, 6.45) is 25.1. The van der Waals surface area contributed by atoms with Crippen LogP contribution in [0.3, 0.4) is 0 Å². The fraction of sp³-hybridized carbons (Fsp3) is 0.579. The quantitative estimate of drug-likeness (QED) is 0.0617. The first kappa shape index (κ1) is 32.0. The van der Waals surface area contributed by atoms with Gasteiger partial charge in [0.05, 0.1) is 5.36 Å². The Hall–Kier alpha value is -2.88. The number of fused-ring (bicyclic) bond motifs is 4. The van der Waals surface area contributed by atoms with Gasteiger partial charge < -0.3 is 9.73 Å². The molecule has 0 unspecified atom stereocenters. The summed E-state index contributed by atoms with van der Waals surface area (Å²) in [5, 5.41) is 6.63. The minimum Gasteiger partial charge on any atom is -0.453 e. The zero-order chi connectivity index (χ0) is 29.2. The average molecular weight is 570 g/mol. The summed E-state index contributed by atoms with van der Waals surface area (Å²) >= 11 is 0. The Labute approximate surface area is 254 Å². The molecular formula is C38H55N3O. The summed E-state index contributed by atoms with van der Waals surface area (Å²) in [6, 6.07) is 16.7. The van der Waals surface area contributed by atoms with Crippen LogP contribution in [0, 0.1) is 0 Å². The molecule has 1 aliphatic heterocycles. The summed E-state index contributed by atoms with van der Waals surface area (Å²) in [6.45, 7) is 6.13. The Bertz CT molecular complexity index is 1360. The van der Waals surface area contributed by atoms with Crippen LogP contribution in [0.4, 0.5) is 5.69 Å². The summed E-state index contributed by atoms with van der Waals surface area (Å²) in [4.78, 5) is 9.99. The third-order valence-corrected chi connectivity index (χ3v) is 8.55. The van der Waals surface area contributed by atoms with Crippen LogP contribution in [0.5, 0.6) is 0 Å². The molecule has 4 nitrogen and oxygen atoms in total. The summed E-state index contributed by atoms with van der Waals surface area (Å²) in [5.41, 5.74) is 3.62. The highest BCUT2D eigenvalue weighted by Gasteiger charge is 2.14. The highest BCUT2D eigenvalue weighted by atomic mass is 16.3. The molecule has 0 atom stereocenters. The molecular weight excluding hydrogens is 514 g/mol. The predicted octanol–water partition coefficient (Wildman–Crippen LogP) is 11.5. The van der Waals surface area contributed by atoms with Crippen molar-refractivity contribution in [3.8, 4) is 11.5 Å². The first-order chi connectivity index (χ1) is 20.8. The van der Waals surface area contributed by atoms with Crippen molar-refractivity contribution in [3.63, 3.8) is 0 Å². The fourth-order valence-electron chi connectivity index (χ4n) is 6.09. The van der Waals surface area contributed by atoms with Crippen LogP contribution in [0.15, 0.2) is 57.9 Å². The third kappa shape index (κ3) is 10.1. The maximum absolute atomic E-state index is 6.36. The van der Waals surface area contributed by atoms with E-state index < -0.39 is 0 Å². The molecule has 1 aliphatic carbocycles. The molecule has 4 heteroatoms. The van der Waals surface area contributed by atoms with Gasteiger partial charge in [-0.3, -0.25) is 4.99 Å². The maximum atomic E-state index is 6.36. The number of nitrogens with one attached hydrogen (secondary N) is 1. The van der Waals surface area contributed by atoms with Gasteiger partial charge in [0, 0.05) is 41.7 Å². The van der Waals surface area contributed by atoms with Gasteiger partial charge in [-0.05, 0) is 25.5 Å². The third-order valence-electron chi connectivity index (χ3n) is 8.55. The van der Waals surface area contributed by atoms with Crippen LogP contribution in [-0.4, -0.2) is 18.1 Å². The molecule has 0 spiro atoms. The van der Waals surface area contributed by atoms with Gasteiger partial charge in [-0.15, -0.1) is 0 Å². The zero-order valence-electron chi connectivity index (χ0n) is 26.6. The van der Waals surface area contributed by atoms with Gasteiger partial charge in [-0.1, -0.05) is 140 Å². The van der Waals surface area contributed by atoms with Crippen LogP contribution >= 0.6 is 0 Å². The molecule has 0 radical (unpaired) electrons. The Kier molecular flexibility index (Phi) is 14.2. The lowest BCUT2D eigenvalue weighted by molar-refractivity contribution is 0.525. The normalized spacial score (nSPS) is 12.2. The number of benzene rings is 3. The van der Waals surface area contributed by atoms with E-state index in [1.165, 1.54) is 109 Å². The number of anilines is 1. The van der Waals surface area contributed by atoms with Crippen molar-refractivity contribution in [2.45, 2.75) is 129 Å². The fourth-order valence-corrected chi connectivity index (χ4v) is 6.09. The van der Waals surface area contributed by atoms with E-state index in [0.29, 0.717) is 0 Å². The van der Waals surface area contributed by atoms with E-state index >= 15 is 0 Å². The number of unbranched alkanes of at least 4 members (excludes halogenated alkanes) is 17. The van der Waals surface area contributed by atoms with E-state index in [1.807, 2.05) is 12.1 Å². The van der Waals surface area contributed by atoms with Gasteiger partial charge in [-0.25, -0.2) is 4.98 Å². The van der Waals surface area contributed by atoms with E-state index in [4.69, 9.17) is 14.4 Å². The largest absolute Gasteiger partial charge is 0.453 e. The Morgan fingerprint density at radius 3 is 1.81 bits per heavy atom. The molecule has 0 fully saturated rings. The Morgan fingerprint density at radius 1 is 0.643 bits per heavy atom. The first-order valence-electron chi connectivity index (χ1n) is 17.3. The lowest BCUT2D eigenvalue weighted by atomic mass is 10.0. The monoisotopic (exact) mass is 569 g/mol. The molecule has 2 aromatic carbocycles. The van der Waals surface area contributed by atoms with Crippen LogP contribution in [0.25, 0.3) is 33.3 Å². The van der Waals surface area contributed by atoms with Crippen molar-refractivity contribution in [2.24, 2.45) is 4.99 Å². The zero-order valence-corrected chi connectivity index (χ0v) is 26.6. The molecule has 0 saturated heterocycles. The molecule has 0 aromatic heterocycles. The molecule has 42 heavy (non-hydrogen) atoms. The minimum atomic E-state index is 0.797. The average Bonchev–Trinajstić information content (AvgIpc) is 3.01. The molecule has 4 rings (SSSR count). The molecule has 2 aromatic rings. The van der Waals surface area contributed by atoms with Crippen molar-refractivity contribution >= 4 is 27.6 Å². The van der Waals surface area contributed by atoms with Crippen LogP contribution < -0.4 is 10.7 Å². The maximum Gasteiger partial charge on any atom is 0.155 e. The van der Waals surface area contributed by atoms with E-state index in [1.54, 1.807) is 0 Å². The Balaban J connectivity index is 1.15. The highest BCUT2D eigenvalue weighted by molar-refractivity contribution is 5.96. The van der Waals surface area contributed by atoms with E-state index in [-0.39, 0.29) is 0 Å². The lowest BCUT2D eigenvalue weighted by Crippen LogP contribution is -2.07. The van der Waals surface area contributed by atoms with E-state index in [0.717, 1.165) is 63.9 Å². The summed E-state index contributed by atoms with van der Waals surface area (Å²) in [5.74, 6) is 0.798. The molecule has 0 bridgehead atoms. The summed E-state index contributed by atoms with van der Waals surface area (Å²) in [7, 11) is 0. The van der Waals surface area contributed by atoms with E-state index in [2.05, 4.69) is 55.6 Å². The molecule has 0 amide bonds. The van der Waals surface area contributed by atoms with Crippen LogP contribution in [0.2, 0.25) is 0 Å². The van der Waals surface area contributed by atoms with Gasteiger partial charge in [0.25, 0.3) is 0 Å². The standard InChI is InChI=1S/C38H55N3O/c1-3-5-6-7-8-9-10-11-12-13-14-15-16-17-18-19-20-23-28-40-35-30-37-38(33-25-22-21-24-32(33)35)41-34-27-26-31(39-4-2)29-36(34)42-37/h21-22,24-27,29-30,39H,3-20,23,28H2,1-2H3. The van der Waals surface area contributed by atoms with Gasteiger partial charge in [0.1, 0.15) is 11.2 Å². The number of nitrogens with zero attached hydrogens (tertiary/aromatic N) is 2. The first-order valence-corrected chi connectivity index (χ1v) is 17.3. The van der Waals surface area contributed by atoms with E-state index in [9.17, 15) is 0 Å². The minimum absolute atomic E-state index is 0.797. The van der Waals surface area contributed by atoms with Crippen LogP contribution in [-0.2, 0) is 0 Å². The molecule has 1 N–H and O–H groups in total. The number of hydrogen-bond acceptors (Lipinski definition) is 4.